The van der Waals surface area contributed by atoms with E-state index in [0.717, 1.165) is 39.5 Å². The lowest BCUT2D eigenvalue weighted by atomic mass is 9.93. The lowest BCUT2D eigenvalue weighted by molar-refractivity contribution is -0.134. The molecule has 0 fully saturated rings. The maximum absolute atomic E-state index is 13.1. The summed E-state index contributed by atoms with van der Waals surface area (Å²) >= 11 is 1.33. The third-order valence-electron chi connectivity index (χ3n) is 6.55. The van der Waals surface area contributed by atoms with Crippen molar-refractivity contribution in [3.8, 4) is 5.75 Å². The molecule has 4 aromatic carbocycles. The van der Waals surface area contributed by atoms with E-state index in [9.17, 15) is 4.79 Å². The van der Waals surface area contributed by atoms with Crippen molar-refractivity contribution in [2.24, 2.45) is 10.2 Å². The summed E-state index contributed by atoms with van der Waals surface area (Å²) in [4.78, 5) is 12.1. The summed E-state index contributed by atoms with van der Waals surface area (Å²) in [6.45, 7) is 2.04. The lowest BCUT2D eigenvalue weighted by Crippen LogP contribution is -2.54. The molecule has 0 bridgehead atoms. The maximum Gasteiger partial charge on any atom is 0.365 e. The van der Waals surface area contributed by atoms with E-state index >= 15 is 0 Å². The molecule has 0 N–H and O–H groups in total. The summed E-state index contributed by atoms with van der Waals surface area (Å²) in [5.41, 5.74) is 5.36. The van der Waals surface area contributed by atoms with Crippen LogP contribution in [0.5, 0.6) is 5.75 Å². The number of hydrogen-bond acceptors (Lipinski definition) is 8. The van der Waals surface area contributed by atoms with E-state index in [2.05, 4.69) is 24.3 Å². The van der Waals surface area contributed by atoms with Gasteiger partial charge in [0.05, 0.1) is 30.8 Å². The average molecular weight is 535 g/mol. The Morgan fingerprint density at radius 1 is 0.795 bits per heavy atom. The normalized spacial score (nSPS) is 17.9. The number of carbonyl (C=O) groups excluding carboxylic acids is 1. The molecule has 0 saturated carbocycles. The summed E-state index contributed by atoms with van der Waals surface area (Å²) in [5, 5.41) is 14.2. The van der Waals surface area contributed by atoms with Crippen LogP contribution in [0.1, 0.15) is 23.6 Å². The van der Waals surface area contributed by atoms with Gasteiger partial charge >= 0.3 is 5.97 Å². The first-order chi connectivity index (χ1) is 19.2. The Labute approximate surface area is 231 Å². The Kier molecular flexibility index (Phi) is 6.54. The summed E-state index contributed by atoms with van der Waals surface area (Å²) in [6, 6.07) is 35.9. The molecule has 2 aliphatic rings. The number of ether oxygens (including phenoxy) is 2. The van der Waals surface area contributed by atoms with Crippen LogP contribution in [0.4, 0.5) is 11.4 Å². The molecule has 4 aromatic rings. The molecule has 0 radical (unpaired) electrons. The molecule has 6 rings (SSSR count). The predicted molar refractivity (Wildman–Crippen MR) is 156 cm³/mol. The van der Waals surface area contributed by atoms with Gasteiger partial charge in [0, 0.05) is 16.7 Å². The monoisotopic (exact) mass is 534 g/mol. The average Bonchev–Trinajstić information content (AvgIpc) is 3.39. The topological polar surface area (TPSA) is 66.7 Å². The van der Waals surface area contributed by atoms with Crippen molar-refractivity contribution in [1.82, 2.24) is 0 Å². The van der Waals surface area contributed by atoms with Crippen molar-refractivity contribution in [2.75, 3.05) is 23.7 Å². The van der Waals surface area contributed by atoms with Crippen molar-refractivity contribution >= 4 is 39.9 Å². The van der Waals surface area contributed by atoms with Gasteiger partial charge in [-0.1, -0.05) is 72.8 Å². The zero-order valence-corrected chi connectivity index (χ0v) is 22.3. The maximum atomic E-state index is 13.1. The molecule has 8 heteroatoms. The second-order valence-electron chi connectivity index (χ2n) is 8.85. The summed E-state index contributed by atoms with van der Waals surface area (Å²) < 4.78 is 10.8. The number of thioether (sulfide) groups is 1. The smallest absolute Gasteiger partial charge is 0.365 e. The van der Waals surface area contributed by atoms with Crippen molar-refractivity contribution in [1.29, 1.82) is 0 Å². The van der Waals surface area contributed by atoms with E-state index < -0.39 is 11.0 Å². The Bertz CT molecular complexity index is 1560. The predicted octanol–water partition coefficient (Wildman–Crippen LogP) is 6.21. The van der Waals surface area contributed by atoms with Crippen LogP contribution in [-0.4, -0.2) is 30.4 Å². The standard InChI is InChI=1S/C31H26N4O3S/c1-3-38-30(36)29-33-35(24-18-20-25(37-2)21-19-24)31(39-29)27-17-11-10-16-26(27)28(22-12-6-4-7-13-22)32-34(31)23-14-8-5-9-15-23/h4-21H,3H2,1-2H3/t31-/m0/s1. The minimum atomic E-state index is -1.05. The van der Waals surface area contributed by atoms with E-state index in [4.69, 9.17) is 19.7 Å². The Hall–Kier alpha value is -4.56. The number of carbonyl (C=O) groups is 1. The van der Waals surface area contributed by atoms with Crippen LogP contribution < -0.4 is 14.8 Å². The molecule has 2 aliphatic heterocycles. The van der Waals surface area contributed by atoms with Gasteiger partial charge in [-0.25, -0.2) is 14.8 Å². The Morgan fingerprint density at radius 2 is 1.41 bits per heavy atom. The van der Waals surface area contributed by atoms with Crippen molar-refractivity contribution < 1.29 is 14.3 Å². The van der Waals surface area contributed by atoms with Gasteiger partial charge in [0.25, 0.3) is 0 Å². The highest BCUT2D eigenvalue weighted by Crippen LogP contribution is 2.55. The van der Waals surface area contributed by atoms with Gasteiger partial charge in [-0.15, -0.1) is 0 Å². The first-order valence-corrected chi connectivity index (χ1v) is 13.5. The van der Waals surface area contributed by atoms with Crippen molar-refractivity contribution in [3.05, 3.63) is 126 Å². The van der Waals surface area contributed by atoms with Gasteiger partial charge in [-0.2, -0.15) is 10.2 Å². The number of methoxy groups -OCH3 is 1. The van der Waals surface area contributed by atoms with E-state index in [1.807, 2.05) is 94.9 Å². The molecule has 7 nitrogen and oxygen atoms in total. The van der Waals surface area contributed by atoms with Crippen LogP contribution in [0.2, 0.25) is 0 Å². The second-order valence-corrected chi connectivity index (χ2v) is 10.0. The Morgan fingerprint density at radius 3 is 2.10 bits per heavy atom. The molecule has 1 atom stereocenters. The van der Waals surface area contributed by atoms with Crippen LogP contribution >= 0.6 is 11.8 Å². The van der Waals surface area contributed by atoms with Crippen LogP contribution in [0, 0.1) is 0 Å². The van der Waals surface area contributed by atoms with Gasteiger partial charge in [0.2, 0.25) is 10.0 Å². The van der Waals surface area contributed by atoms with Gasteiger partial charge < -0.3 is 9.47 Å². The van der Waals surface area contributed by atoms with Gasteiger partial charge in [0.1, 0.15) is 5.75 Å². The number of hydrazone groups is 2. The van der Waals surface area contributed by atoms with Crippen LogP contribution in [-0.2, 0) is 14.5 Å². The number of hydrogen-bond donors (Lipinski definition) is 0. The number of esters is 1. The highest BCUT2D eigenvalue weighted by Gasteiger charge is 2.56. The fraction of sp³-hybridized carbons (Fsp3) is 0.129. The summed E-state index contributed by atoms with van der Waals surface area (Å²) in [5.74, 6) is 0.254. The molecule has 0 aliphatic carbocycles. The fourth-order valence-electron chi connectivity index (χ4n) is 4.81. The van der Waals surface area contributed by atoms with Gasteiger partial charge in [0.15, 0.2) is 0 Å². The van der Waals surface area contributed by atoms with Crippen molar-refractivity contribution in [3.63, 3.8) is 0 Å². The zero-order chi connectivity index (χ0) is 26.8. The first-order valence-electron chi connectivity index (χ1n) is 12.6. The highest BCUT2D eigenvalue weighted by atomic mass is 32.2. The van der Waals surface area contributed by atoms with Crippen LogP contribution in [0.3, 0.4) is 0 Å². The molecule has 194 valence electrons. The van der Waals surface area contributed by atoms with Crippen LogP contribution in [0.15, 0.2) is 119 Å². The van der Waals surface area contributed by atoms with E-state index in [0.29, 0.717) is 0 Å². The zero-order valence-electron chi connectivity index (χ0n) is 21.5. The molecule has 0 aromatic heterocycles. The van der Waals surface area contributed by atoms with Gasteiger partial charge in [-0.05, 0) is 55.1 Å². The third-order valence-corrected chi connectivity index (χ3v) is 7.84. The van der Waals surface area contributed by atoms with Crippen molar-refractivity contribution in [2.45, 2.75) is 11.9 Å². The first kappa shape index (κ1) is 24.8. The Balaban J connectivity index is 1.63. The van der Waals surface area contributed by atoms with Gasteiger partial charge in [-0.3, -0.25) is 0 Å². The molecule has 0 unspecified atom stereocenters. The fourth-order valence-corrected chi connectivity index (χ4v) is 6.10. The molecule has 1 spiro atoms. The van der Waals surface area contributed by atoms with E-state index in [1.165, 1.54) is 11.8 Å². The molecule has 0 saturated heterocycles. The summed E-state index contributed by atoms with van der Waals surface area (Å²) in [6.07, 6.45) is 0. The number of benzene rings is 4. The number of para-hydroxylation sites is 1. The molecule has 2 heterocycles. The second kappa shape index (κ2) is 10.3. The number of anilines is 2. The summed E-state index contributed by atoms with van der Waals surface area (Å²) in [7, 11) is 1.63. The minimum absolute atomic E-state index is 0.252. The quantitative estimate of drug-likeness (QED) is 0.274. The molecular weight excluding hydrogens is 508 g/mol. The largest absolute Gasteiger partial charge is 0.497 e. The molecular formula is C31H26N4O3S. The minimum Gasteiger partial charge on any atom is -0.497 e. The lowest BCUT2D eigenvalue weighted by Gasteiger charge is -2.47. The van der Waals surface area contributed by atoms with E-state index in [-0.39, 0.29) is 11.7 Å². The number of nitrogens with zero attached hydrogens (tertiary/aromatic N) is 4. The highest BCUT2D eigenvalue weighted by molar-refractivity contribution is 8.16. The molecule has 0 amide bonds. The van der Waals surface area contributed by atoms with Crippen LogP contribution in [0.25, 0.3) is 0 Å². The third kappa shape index (κ3) is 4.23. The number of fused-ring (bicyclic) bond motifs is 2. The number of rotatable bonds is 6. The van der Waals surface area contributed by atoms with E-state index in [1.54, 1.807) is 14.0 Å². The SMILES string of the molecule is CCOC(=O)C1=NN(c2ccc(OC)cc2)[C@]2(S1)c1ccccc1C(c1ccccc1)=NN2c1ccccc1. The molecule has 39 heavy (non-hydrogen) atoms.